The van der Waals surface area contributed by atoms with E-state index >= 15 is 0 Å². The van der Waals surface area contributed by atoms with Crippen molar-refractivity contribution in [1.82, 2.24) is 4.57 Å². The summed E-state index contributed by atoms with van der Waals surface area (Å²) < 4.78 is 1.97. The molecule has 4 nitrogen and oxygen atoms in total. The first-order valence-electron chi connectivity index (χ1n) is 8.50. The van der Waals surface area contributed by atoms with Crippen molar-refractivity contribution < 1.29 is 9.90 Å². The van der Waals surface area contributed by atoms with E-state index in [0.29, 0.717) is 0 Å². The average Bonchev–Trinajstić information content (AvgIpc) is 3.08. The third kappa shape index (κ3) is 3.91. The molecule has 0 aliphatic carbocycles. The van der Waals surface area contributed by atoms with Crippen LogP contribution in [0.25, 0.3) is 5.69 Å². The second kappa shape index (κ2) is 7.00. The summed E-state index contributed by atoms with van der Waals surface area (Å²) in [6, 6.07) is 18.9. The Bertz CT molecular complexity index is 928. The Labute approximate surface area is 153 Å². The summed E-state index contributed by atoms with van der Waals surface area (Å²) in [7, 11) is 0. The highest BCUT2D eigenvalue weighted by Gasteiger charge is 2.12. The van der Waals surface area contributed by atoms with Crippen LogP contribution in [0.5, 0.6) is 0 Å². The second-order valence-corrected chi connectivity index (χ2v) is 7.21. The molecule has 0 spiro atoms. The summed E-state index contributed by atoms with van der Waals surface area (Å²) in [5.74, 6) is -0.926. The maximum Gasteiger partial charge on any atom is 0.335 e. The molecule has 0 atom stereocenters. The predicted molar refractivity (Wildman–Crippen MR) is 105 cm³/mol. The number of carboxylic acid groups (broad SMARTS) is 1. The van der Waals surface area contributed by atoms with Gasteiger partial charge in [-0.25, -0.2) is 4.79 Å². The largest absolute Gasteiger partial charge is 0.478 e. The first-order chi connectivity index (χ1) is 12.3. The monoisotopic (exact) mass is 346 g/mol. The van der Waals surface area contributed by atoms with Gasteiger partial charge >= 0.3 is 5.97 Å². The lowest BCUT2D eigenvalue weighted by Crippen LogP contribution is -2.10. The third-order valence-electron chi connectivity index (χ3n) is 4.25. The van der Waals surface area contributed by atoms with Crippen molar-refractivity contribution in [2.45, 2.75) is 26.2 Å². The Hall–Kier alpha value is -3.14. The molecule has 0 aliphatic rings. The van der Waals surface area contributed by atoms with Gasteiger partial charge in [-0.05, 0) is 59.5 Å². The molecule has 1 heterocycles. The van der Waals surface area contributed by atoms with Crippen LogP contribution in [0.3, 0.4) is 0 Å². The minimum atomic E-state index is -0.926. The van der Waals surface area contributed by atoms with Crippen LogP contribution in [0.4, 0.5) is 5.69 Å². The van der Waals surface area contributed by atoms with Crippen LogP contribution in [0, 0.1) is 0 Å². The molecule has 1 N–H and O–H groups in total. The molecule has 0 fully saturated rings. The van der Waals surface area contributed by atoms with Crippen LogP contribution < -0.4 is 0 Å². The van der Waals surface area contributed by atoms with Gasteiger partial charge in [0.15, 0.2) is 0 Å². The SMILES string of the molecule is CC(C)(C)c1ccc(N=Cc2cccn2-c2ccc(C(=O)O)cc2)cc1. The van der Waals surface area contributed by atoms with Crippen molar-refractivity contribution in [3.05, 3.63) is 83.7 Å². The number of aromatic nitrogens is 1. The van der Waals surface area contributed by atoms with Gasteiger partial charge in [-0.15, -0.1) is 0 Å². The van der Waals surface area contributed by atoms with Crippen LogP contribution in [0.1, 0.15) is 42.4 Å². The van der Waals surface area contributed by atoms with Gasteiger partial charge in [0.05, 0.1) is 23.2 Å². The molecule has 0 saturated heterocycles. The van der Waals surface area contributed by atoms with Gasteiger partial charge in [0, 0.05) is 11.9 Å². The zero-order chi connectivity index (χ0) is 18.7. The summed E-state index contributed by atoms with van der Waals surface area (Å²) in [6.07, 6.45) is 3.75. The standard InChI is InChI=1S/C22H22N2O2/c1-22(2,3)17-8-10-18(11-9-17)23-15-20-5-4-14-24(20)19-12-6-16(7-13-19)21(25)26/h4-15H,1-3H3,(H,25,26). The van der Waals surface area contributed by atoms with Crippen molar-refractivity contribution in [3.63, 3.8) is 0 Å². The van der Waals surface area contributed by atoms with E-state index in [1.807, 2.05) is 41.2 Å². The molecule has 0 aliphatic heterocycles. The van der Waals surface area contributed by atoms with Crippen LogP contribution >= 0.6 is 0 Å². The minimum absolute atomic E-state index is 0.124. The molecule has 3 aromatic rings. The number of aromatic carboxylic acids is 1. The molecule has 3 rings (SSSR count). The Morgan fingerprint density at radius 1 is 1.00 bits per heavy atom. The van der Waals surface area contributed by atoms with E-state index in [9.17, 15) is 4.79 Å². The molecule has 0 amide bonds. The third-order valence-corrected chi connectivity index (χ3v) is 4.25. The van der Waals surface area contributed by atoms with Crippen molar-refractivity contribution >= 4 is 17.9 Å². The van der Waals surface area contributed by atoms with Gasteiger partial charge in [-0.1, -0.05) is 32.9 Å². The number of hydrogen-bond donors (Lipinski definition) is 1. The van der Waals surface area contributed by atoms with Crippen LogP contribution in [-0.4, -0.2) is 21.9 Å². The summed E-state index contributed by atoms with van der Waals surface area (Å²) in [5, 5.41) is 9.01. The van der Waals surface area contributed by atoms with E-state index in [-0.39, 0.29) is 11.0 Å². The van der Waals surface area contributed by atoms with Gasteiger partial charge < -0.3 is 9.67 Å². The predicted octanol–water partition coefficient (Wildman–Crippen LogP) is 5.22. The van der Waals surface area contributed by atoms with Crippen LogP contribution in [0.2, 0.25) is 0 Å². The van der Waals surface area contributed by atoms with E-state index in [1.165, 1.54) is 5.56 Å². The van der Waals surface area contributed by atoms with E-state index in [2.05, 4.69) is 37.9 Å². The van der Waals surface area contributed by atoms with Crippen LogP contribution in [0.15, 0.2) is 71.9 Å². The van der Waals surface area contributed by atoms with Gasteiger partial charge in [0.25, 0.3) is 0 Å². The fourth-order valence-corrected chi connectivity index (χ4v) is 2.69. The molecule has 2 aromatic carbocycles. The second-order valence-electron chi connectivity index (χ2n) is 7.21. The number of aliphatic imine (C=N–C) groups is 1. The summed E-state index contributed by atoms with van der Waals surface area (Å²) >= 11 is 0. The van der Waals surface area contributed by atoms with Crippen molar-refractivity contribution in [2.24, 2.45) is 4.99 Å². The molecule has 1 aromatic heterocycles. The fraction of sp³-hybridized carbons (Fsp3) is 0.182. The Morgan fingerprint density at radius 3 is 2.23 bits per heavy atom. The summed E-state index contributed by atoms with van der Waals surface area (Å²) in [6.45, 7) is 6.56. The molecule has 4 heteroatoms. The van der Waals surface area contributed by atoms with Gasteiger partial charge in [0.1, 0.15) is 0 Å². The molecule has 0 unspecified atom stereocenters. The number of carboxylic acids is 1. The highest BCUT2D eigenvalue weighted by atomic mass is 16.4. The molecule has 0 bridgehead atoms. The summed E-state index contributed by atoms with van der Waals surface area (Å²) in [5.41, 5.74) is 4.39. The topological polar surface area (TPSA) is 54.6 Å². The van der Waals surface area contributed by atoms with Gasteiger partial charge in [0.2, 0.25) is 0 Å². The smallest absolute Gasteiger partial charge is 0.335 e. The van der Waals surface area contributed by atoms with Crippen molar-refractivity contribution in [3.8, 4) is 5.69 Å². The van der Waals surface area contributed by atoms with E-state index in [1.54, 1.807) is 24.3 Å². The first kappa shape index (κ1) is 17.7. The van der Waals surface area contributed by atoms with Gasteiger partial charge in [-0.3, -0.25) is 4.99 Å². The molecule has 132 valence electrons. The van der Waals surface area contributed by atoms with E-state index in [4.69, 9.17) is 5.11 Å². The van der Waals surface area contributed by atoms with Crippen LogP contribution in [-0.2, 0) is 5.41 Å². The molecule has 0 radical (unpaired) electrons. The number of nitrogens with zero attached hydrogens (tertiary/aromatic N) is 2. The maximum absolute atomic E-state index is 11.0. The molecular formula is C22H22N2O2. The molecule has 0 saturated carbocycles. The quantitative estimate of drug-likeness (QED) is 0.658. The Kier molecular flexibility index (Phi) is 4.76. The van der Waals surface area contributed by atoms with E-state index < -0.39 is 5.97 Å². The van der Waals surface area contributed by atoms with Crippen molar-refractivity contribution in [1.29, 1.82) is 0 Å². The Morgan fingerprint density at radius 2 is 1.65 bits per heavy atom. The average molecular weight is 346 g/mol. The van der Waals surface area contributed by atoms with E-state index in [0.717, 1.165) is 17.1 Å². The molecule has 26 heavy (non-hydrogen) atoms. The highest BCUT2D eigenvalue weighted by molar-refractivity contribution is 5.88. The minimum Gasteiger partial charge on any atom is -0.478 e. The van der Waals surface area contributed by atoms with Gasteiger partial charge in [-0.2, -0.15) is 0 Å². The maximum atomic E-state index is 11.0. The number of benzene rings is 2. The Balaban J connectivity index is 1.82. The number of rotatable bonds is 4. The lowest BCUT2D eigenvalue weighted by molar-refractivity contribution is 0.0697. The zero-order valence-corrected chi connectivity index (χ0v) is 15.2. The molecular weight excluding hydrogens is 324 g/mol. The lowest BCUT2D eigenvalue weighted by Gasteiger charge is -2.18. The number of carbonyl (C=O) groups is 1. The first-order valence-corrected chi connectivity index (χ1v) is 8.50. The normalized spacial score (nSPS) is 11.8. The number of hydrogen-bond acceptors (Lipinski definition) is 2. The highest BCUT2D eigenvalue weighted by Crippen LogP contribution is 2.24. The lowest BCUT2D eigenvalue weighted by atomic mass is 9.87. The summed E-state index contributed by atoms with van der Waals surface area (Å²) in [4.78, 5) is 15.5. The fourth-order valence-electron chi connectivity index (χ4n) is 2.69. The zero-order valence-electron chi connectivity index (χ0n) is 15.2. The van der Waals surface area contributed by atoms with Crippen molar-refractivity contribution in [2.75, 3.05) is 0 Å².